The minimum absolute atomic E-state index is 0.0489. The zero-order chi connectivity index (χ0) is 26.9. The number of hydrogen-bond donors (Lipinski definition) is 2. The zero-order valence-corrected chi connectivity index (χ0v) is 21.9. The van der Waals surface area contributed by atoms with Gasteiger partial charge in [0.2, 0.25) is 0 Å². The normalized spacial score (nSPS) is 15.4. The Morgan fingerprint density at radius 2 is 1.43 bits per heavy atom. The maximum atomic E-state index is 12.6. The first-order chi connectivity index (χ1) is 17.5. The summed E-state index contributed by atoms with van der Waals surface area (Å²) in [5.74, 6) is -0.0489. The third-order valence-corrected chi connectivity index (χ3v) is 6.64. The van der Waals surface area contributed by atoms with Crippen molar-refractivity contribution in [2.24, 2.45) is 5.41 Å². The maximum absolute atomic E-state index is 12.6. The Bertz CT molecular complexity index is 1110. The van der Waals surface area contributed by atoms with E-state index in [4.69, 9.17) is 0 Å². The first-order valence-corrected chi connectivity index (χ1v) is 12.8. The highest BCUT2D eigenvalue weighted by atomic mass is 19.4. The van der Waals surface area contributed by atoms with Gasteiger partial charge in [0.05, 0.1) is 0 Å². The molecule has 0 atom stereocenters. The van der Waals surface area contributed by atoms with Crippen molar-refractivity contribution in [1.29, 1.82) is 0 Å². The molecule has 1 aliphatic carbocycles. The van der Waals surface area contributed by atoms with Crippen molar-refractivity contribution in [3.8, 4) is 11.1 Å². The van der Waals surface area contributed by atoms with E-state index in [1.807, 2.05) is 48.5 Å². The van der Waals surface area contributed by atoms with Crippen LogP contribution < -0.4 is 10.6 Å². The summed E-state index contributed by atoms with van der Waals surface area (Å²) in [6, 6.07) is 27.2. The molecule has 4 rings (SSSR count). The molecule has 0 aromatic heterocycles. The summed E-state index contributed by atoms with van der Waals surface area (Å²) in [5.41, 5.74) is 5.78. The summed E-state index contributed by atoms with van der Waals surface area (Å²) in [6.45, 7) is 6.39. The highest BCUT2D eigenvalue weighted by molar-refractivity contribution is 5.95. The number of amides is 1. The molecule has 1 saturated carbocycles. The molecule has 1 fully saturated rings. The highest BCUT2D eigenvalue weighted by Crippen LogP contribution is 2.35. The summed E-state index contributed by atoms with van der Waals surface area (Å²) in [4.78, 5) is 12.6. The second-order valence-corrected chi connectivity index (χ2v) is 10.5. The fourth-order valence-electron chi connectivity index (χ4n) is 4.40. The number of alkyl halides is 3. The van der Waals surface area contributed by atoms with Gasteiger partial charge in [0, 0.05) is 31.6 Å². The molecule has 0 heterocycles. The number of hydrogen-bond acceptors (Lipinski definition) is 2. The fraction of sp³-hybridized carbons (Fsp3) is 0.387. The van der Waals surface area contributed by atoms with E-state index in [0.717, 1.165) is 23.2 Å². The van der Waals surface area contributed by atoms with E-state index in [9.17, 15) is 18.0 Å². The van der Waals surface area contributed by atoms with Crippen molar-refractivity contribution in [3.63, 3.8) is 0 Å². The van der Waals surface area contributed by atoms with Gasteiger partial charge in [-0.1, -0.05) is 80.6 Å². The number of benzene rings is 3. The molecule has 37 heavy (non-hydrogen) atoms. The topological polar surface area (TPSA) is 41.1 Å². The standard InChI is InChI=1S/C29H34N2O.C2H3F3/c1-29(2)17-15-27(16-18-29)30-20-23-11-13-24(14-12-23)25-9-6-10-26(19-25)28(32)31-21-22-7-4-3-5-8-22;1-2(3,4)5/h3-14,19,27,30H,15-18,20-21H2,1-2H3,(H,31,32);1H3. The minimum atomic E-state index is -4.00. The number of nitrogens with one attached hydrogen (secondary N) is 2. The van der Waals surface area contributed by atoms with E-state index in [1.54, 1.807) is 0 Å². The number of halogens is 3. The highest BCUT2D eigenvalue weighted by Gasteiger charge is 2.26. The summed E-state index contributed by atoms with van der Waals surface area (Å²) >= 11 is 0. The van der Waals surface area contributed by atoms with Gasteiger partial charge in [0.1, 0.15) is 0 Å². The van der Waals surface area contributed by atoms with Gasteiger partial charge in [-0.15, -0.1) is 0 Å². The summed E-state index contributed by atoms with van der Waals surface area (Å²) in [5, 5.41) is 6.74. The molecule has 3 aromatic rings. The Labute approximate surface area is 218 Å². The Morgan fingerprint density at radius 3 is 2.05 bits per heavy atom. The van der Waals surface area contributed by atoms with Crippen LogP contribution in [0.4, 0.5) is 13.2 Å². The summed E-state index contributed by atoms with van der Waals surface area (Å²) in [7, 11) is 0. The lowest BCUT2D eigenvalue weighted by molar-refractivity contribution is -0.110. The summed E-state index contributed by atoms with van der Waals surface area (Å²) < 4.78 is 31.1. The molecule has 0 saturated heterocycles. The monoisotopic (exact) mass is 510 g/mol. The number of carbonyl (C=O) groups is 1. The average Bonchev–Trinajstić information content (AvgIpc) is 2.87. The van der Waals surface area contributed by atoms with E-state index in [2.05, 4.69) is 54.8 Å². The molecule has 2 N–H and O–H groups in total. The third-order valence-electron chi connectivity index (χ3n) is 6.64. The lowest BCUT2D eigenvalue weighted by Crippen LogP contribution is -2.35. The molecule has 6 heteroatoms. The second kappa shape index (κ2) is 12.9. The zero-order valence-electron chi connectivity index (χ0n) is 21.9. The molecular weight excluding hydrogens is 473 g/mol. The molecule has 0 bridgehead atoms. The van der Waals surface area contributed by atoms with Gasteiger partial charge in [-0.3, -0.25) is 4.79 Å². The van der Waals surface area contributed by atoms with E-state index in [0.29, 0.717) is 23.6 Å². The first kappa shape index (κ1) is 28.5. The Hall–Kier alpha value is -3.12. The van der Waals surface area contributed by atoms with Gasteiger partial charge in [0.25, 0.3) is 5.91 Å². The van der Waals surface area contributed by atoms with Crippen LogP contribution in [0, 0.1) is 5.41 Å². The predicted octanol–water partition coefficient (Wildman–Crippen LogP) is 7.91. The van der Waals surface area contributed by atoms with Crippen LogP contribution in [0.3, 0.4) is 0 Å². The van der Waals surface area contributed by atoms with E-state index < -0.39 is 6.18 Å². The van der Waals surface area contributed by atoms with Gasteiger partial charge in [-0.25, -0.2) is 0 Å². The quantitative estimate of drug-likeness (QED) is 0.339. The van der Waals surface area contributed by atoms with Crippen LogP contribution in [0.25, 0.3) is 11.1 Å². The van der Waals surface area contributed by atoms with Crippen molar-refractivity contribution in [1.82, 2.24) is 10.6 Å². The number of rotatable bonds is 7. The Kier molecular flexibility index (Phi) is 9.93. The van der Waals surface area contributed by atoms with Crippen molar-refractivity contribution in [2.45, 2.75) is 71.8 Å². The molecule has 3 nitrogen and oxygen atoms in total. The lowest BCUT2D eigenvalue weighted by Gasteiger charge is -2.34. The minimum Gasteiger partial charge on any atom is -0.348 e. The molecule has 1 aliphatic rings. The van der Waals surface area contributed by atoms with Crippen molar-refractivity contribution in [3.05, 3.63) is 95.6 Å². The van der Waals surface area contributed by atoms with E-state index in [-0.39, 0.29) is 12.8 Å². The van der Waals surface area contributed by atoms with Gasteiger partial charge in [-0.2, -0.15) is 13.2 Å². The van der Waals surface area contributed by atoms with Crippen molar-refractivity contribution < 1.29 is 18.0 Å². The van der Waals surface area contributed by atoms with E-state index in [1.165, 1.54) is 31.2 Å². The van der Waals surface area contributed by atoms with Gasteiger partial charge < -0.3 is 10.6 Å². The lowest BCUT2D eigenvalue weighted by atomic mass is 9.75. The smallest absolute Gasteiger partial charge is 0.348 e. The van der Waals surface area contributed by atoms with Crippen LogP contribution >= 0.6 is 0 Å². The largest absolute Gasteiger partial charge is 0.386 e. The van der Waals surface area contributed by atoms with Gasteiger partial charge in [-0.05, 0) is 65.5 Å². The molecule has 198 valence electrons. The second-order valence-electron chi connectivity index (χ2n) is 10.5. The SMILES string of the molecule is CC(F)(F)F.CC1(C)CCC(NCc2ccc(-c3cccc(C(=O)NCc4ccccc4)c3)cc2)CC1. The molecule has 3 aromatic carbocycles. The van der Waals surface area contributed by atoms with E-state index >= 15 is 0 Å². The Morgan fingerprint density at radius 1 is 0.838 bits per heavy atom. The van der Waals surface area contributed by atoms with Gasteiger partial charge in [0.15, 0.2) is 0 Å². The van der Waals surface area contributed by atoms with Crippen LogP contribution in [0.5, 0.6) is 0 Å². The maximum Gasteiger partial charge on any atom is 0.386 e. The molecule has 0 unspecified atom stereocenters. The van der Waals surface area contributed by atoms with Crippen LogP contribution in [0.15, 0.2) is 78.9 Å². The molecule has 0 radical (unpaired) electrons. The average molecular weight is 511 g/mol. The number of carbonyl (C=O) groups excluding carboxylic acids is 1. The summed E-state index contributed by atoms with van der Waals surface area (Å²) in [6.07, 6.45) is 1.15. The van der Waals surface area contributed by atoms with Crippen LogP contribution in [0.2, 0.25) is 0 Å². The van der Waals surface area contributed by atoms with Crippen LogP contribution in [-0.4, -0.2) is 18.1 Å². The van der Waals surface area contributed by atoms with Crippen molar-refractivity contribution in [2.75, 3.05) is 0 Å². The molecule has 0 spiro atoms. The molecule has 1 amide bonds. The first-order valence-electron chi connectivity index (χ1n) is 12.8. The predicted molar refractivity (Wildman–Crippen MR) is 144 cm³/mol. The molecular formula is C31H37F3N2O. The third kappa shape index (κ3) is 10.4. The van der Waals surface area contributed by atoms with Gasteiger partial charge >= 0.3 is 6.18 Å². The Balaban J connectivity index is 0.000000695. The van der Waals surface area contributed by atoms with Crippen LogP contribution in [0.1, 0.15) is 67.9 Å². The van der Waals surface area contributed by atoms with Crippen LogP contribution in [-0.2, 0) is 13.1 Å². The van der Waals surface area contributed by atoms with Crippen molar-refractivity contribution >= 4 is 5.91 Å². The fourth-order valence-corrected chi connectivity index (χ4v) is 4.40. The molecule has 0 aliphatic heterocycles.